The van der Waals surface area contributed by atoms with E-state index in [0.29, 0.717) is 29.0 Å². The molecule has 1 aliphatic rings. The van der Waals surface area contributed by atoms with E-state index in [4.69, 9.17) is 9.47 Å². The monoisotopic (exact) mass is 395 g/mol. The van der Waals surface area contributed by atoms with Gasteiger partial charge >= 0.3 is 0 Å². The van der Waals surface area contributed by atoms with Crippen LogP contribution in [0.3, 0.4) is 0 Å². The van der Waals surface area contributed by atoms with Crippen LogP contribution in [0.4, 0.5) is 0 Å². The summed E-state index contributed by atoms with van der Waals surface area (Å²) in [6, 6.07) is 0. The van der Waals surface area contributed by atoms with E-state index in [-0.39, 0.29) is 11.4 Å². The molecule has 0 spiro atoms. The summed E-state index contributed by atoms with van der Waals surface area (Å²) in [5, 5.41) is 3.40. The number of carbonyl (C=O) groups excluding carboxylic acids is 1. The summed E-state index contributed by atoms with van der Waals surface area (Å²) in [5.74, 6) is 1.25. The molecule has 1 saturated heterocycles. The molecule has 27 heavy (non-hydrogen) atoms. The predicted octanol–water partition coefficient (Wildman–Crippen LogP) is 4.40. The smallest absolute Gasteiger partial charge is 0.277 e. The number of rotatable bonds is 9. The molecule has 1 unspecified atom stereocenters. The molecule has 1 aromatic heterocycles. The van der Waals surface area contributed by atoms with Crippen LogP contribution in [0.25, 0.3) is 0 Å². The number of aromatic nitrogens is 1. The first-order valence-corrected chi connectivity index (χ1v) is 10.6. The third-order valence-corrected chi connectivity index (χ3v) is 5.77. The molecule has 1 atom stereocenters. The molecule has 1 amide bonds. The molecule has 2 heterocycles. The second-order valence-electron chi connectivity index (χ2n) is 7.91. The topological polar surface area (TPSA) is 63.7 Å². The Bertz CT molecular complexity index is 635. The summed E-state index contributed by atoms with van der Waals surface area (Å²) in [5.41, 5.74) is -0.0856. The molecular formula is C20H33N3O3S. The zero-order chi connectivity index (χ0) is 20.0. The first kappa shape index (κ1) is 21.5. The molecule has 1 fully saturated rings. The molecule has 2 rings (SSSR count). The van der Waals surface area contributed by atoms with Crippen LogP contribution in [0.2, 0.25) is 0 Å². The van der Waals surface area contributed by atoms with E-state index in [1.165, 1.54) is 24.2 Å². The number of nitrogens with one attached hydrogen (secondary N) is 1. The van der Waals surface area contributed by atoms with E-state index in [1.54, 1.807) is 6.20 Å². The van der Waals surface area contributed by atoms with E-state index in [9.17, 15) is 4.79 Å². The molecule has 0 bridgehead atoms. The maximum atomic E-state index is 12.3. The average Bonchev–Trinajstić information content (AvgIpc) is 3.21. The zero-order valence-electron chi connectivity index (χ0n) is 17.2. The van der Waals surface area contributed by atoms with Gasteiger partial charge in [0.15, 0.2) is 5.88 Å². The first-order chi connectivity index (χ1) is 12.7. The highest BCUT2D eigenvalue weighted by Crippen LogP contribution is 2.30. The van der Waals surface area contributed by atoms with E-state index >= 15 is 0 Å². The van der Waals surface area contributed by atoms with Crippen molar-refractivity contribution in [2.75, 3.05) is 13.1 Å². The normalized spacial score (nSPS) is 17.3. The van der Waals surface area contributed by atoms with Gasteiger partial charge in [0.25, 0.3) is 17.4 Å². The summed E-state index contributed by atoms with van der Waals surface area (Å²) < 4.78 is 11.5. The molecule has 0 aromatic carbocycles. The molecule has 1 aliphatic heterocycles. The van der Waals surface area contributed by atoms with Gasteiger partial charge < -0.3 is 19.7 Å². The SMILES string of the molecule is C=C1OC(Oc2ncc(C(=O)NCCCC(CC)CC)s2)CN1C(C)(C)C. The predicted molar refractivity (Wildman–Crippen MR) is 109 cm³/mol. The van der Waals surface area contributed by atoms with Crippen LogP contribution in [0.15, 0.2) is 18.7 Å². The Morgan fingerprint density at radius 3 is 2.78 bits per heavy atom. The third-order valence-electron chi connectivity index (χ3n) is 4.88. The summed E-state index contributed by atoms with van der Waals surface area (Å²) in [4.78, 5) is 19.1. The first-order valence-electron chi connectivity index (χ1n) is 9.78. The molecule has 7 heteroatoms. The zero-order valence-corrected chi connectivity index (χ0v) is 18.0. The van der Waals surface area contributed by atoms with Crippen molar-refractivity contribution in [1.82, 2.24) is 15.2 Å². The highest BCUT2D eigenvalue weighted by molar-refractivity contribution is 7.15. The van der Waals surface area contributed by atoms with Crippen molar-refractivity contribution in [1.29, 1.82) is 0 Å². The number of ether oxygens (including phenoxy) is 2. The van der Waals surface area contributed by atoms with Gasteiger partial charge in [0.1, 0.15) is 4.88 Å². The van der Waals surface area contributed by atoms with Gasteiger partial charge in [0.2, 0.25) is 0 Å². The Morgan fingerprint density at radius 2 is 2.19 bits per heavy atom. The third kappa shape index (κ3) is 6.13. The average molecular weight is 396 g/mol. The highest BCUT2D eigenvalue weighted by Gasteiger charge is 2.35. The fourth-order valence-corrected chi connectivity index (χ4v) is 3.84. The van der Waals surface area contributed by atoms with Crippen LogP contribution < -0.4 is 10.1 Å². The van der Waals surface area contributed by atoms with E-state index < -0.39 is 6.29 Å². The van der Waals surface area contributed by atoms with Gasteiger partial charge in [-0.25, -0.2) is 4.98 Å². The van der Waals surface area contributed by atoms with Gasteiger partial charge in [0, 0.05) is 12.1 Å². The number of thiazole rings is 1. The van der Waals surface area contributed by atoms with Crippen molar-refractivity contribution < 1.29 is 14.3 Å². The van der Waals surface area contributed by atoms with Crippen LogP contribution in [-0.4, -0.2) is 40.7 Å². The standard InChI is InChI=1S/C20H33N3O3S/c1-7-15(8-2)10-9-11-21-18(24)16-12-22-19(27-16)26-17-13-23(14(3)25-17)20(4,5)6/h12,15,17H,3,7-11,13H2,1-2,4-6H3,(H,21,24). The minimum absolute atomic E-state index is 0.0856. The Balaban J connectivity index is 1.79. The maximum Gasteiger partial charge on any atom is 0.277 e. The lowest BCUT2D eigenvalue weighted by molar-refractivity contribution is -0.00479. The summed E-state index contributed by atoms with van der Waals surface area (Å²) in [6.07, 6.45) is 5.64. The number of carbonyl (C=O) groups is 1. The van der Waals surface area contributed by atoms with Crippen LogP contribution in [0.1, 0.15) is 70.0 Å². The van der Waals surface area contributed by atoms with Gasteiger partial charge in [-0.05, 0) is 46.1 Å². The van der Waals surface area contributed by atoms with Crippen LogP contribution in [0.5, 0.6) is 5.19 Å². The molecule has 0 saturated carbocycles. The molecule has 152 valence electrons. The second kappa shape index (κ2) is 9.44. The molecule has 1 aromatic rings. The van der Waals surface area contributed by atoms with Gasteiger partial charge in [-0.3, -0.25) is 4.79 Å². The number of hydrogen-bond acceptors (Lipinski definition) is 6. The largest absolute Gasteiger partial charge is 0.438 e. The van der Waals surface area contributed by atoms with E-state index in [1.807, 2.05) is 0 Å². The summed E-state index contributed by atoms with van der Waals surface area (Å²) in [6.45, 7) is 15.9. The van der Waals surface area contributed by atoms with Gasteiger partial charge in [0.05, 0.1) is 12.7 Å². The van der Waals surface area contributed by atoms with Crippen LogP contribution >= 0.6 is 11.3 Å². The molecule has 0 aliphatic carbocycles. The van der Waals surface area contributed by atoms with E-state index in [2.05, 4.69) is 56.4 Å². The van der Waals surface area contributed by atoms with Crippen molar-refractivity contribution in [3.63, 3.8) is 0 Å². The van der Waals surface area contributed by atoms with Gasteiger partial charge in [-0.15, -0.1) is 0 Å². The number of nitrogens with zero attached hydrogens (tertiary/aromatic N) is 2. The summed E-state index contributed by atoms with van der Waals surface area (Å²) in [7, 11) is 0. The highest BCUT2D eigenvalue weighted by atomic mass is 32.1. The maximum absolute atomic E-state index is 12.3. The lowest BCUT2D eigenvalue weighted by Gasteiger charge is -2.31. The quantitative estimate of drug-likeness (QED) is 0.628. The lowest BCUT2D eigenvalue weighted by atomic mass is 9.98. The van der Waals surface area contributed by atoms with Crippen molar-refractivity contribution in [3.05, 3.63) is 23.5 Å². The summed E-state index contributed by atoms with van der Waals surface area (Å²) >= 11 is 1.24. The van der Waals surface area contributed by atoms with Crippen molar-refractivity contribution in [2.45, 2.75) is 72.1 Å². The molecule has 6 nitrogen and oxygen atoms in total. The van der Waals surface area contributed by atoms with Gasteiger partial charge in [-0.2, -0.15) is 0 Å². The Kier molecular flexibility index (Phi) is 7.53. The fourth-order valence-electron chi connectivity index (χ4n) is 3.12. The van der Waals surface area contributed by atoms with Crippen LogP contribution in [-0.2, 0) is 4.74 Å². The lowest BCUT2D eigenvalue weighted by Crippen LogP contribution is -2.39. The molecular weight excluding hydrogens is 362 g/mol. The van der Waals surface area contributed by atoms with Crippen molar-refractivity contribution in [2.24, 2.45) is 5.92 Å². The van der Waals surface area contributed by atoms with Gasteiger partial charge in [-0.1, -0.05) is 38.0 Å². The minimum atomic E-state index is -0.459. The molecule has 0 radical (unpaired) electrons. The Labute approximate surface area is 166 Å². The van der Waals surface area contributed by atoms with E-state index in [0.717, 1.165) is 18.8 Å². The second-order valence-corrected chi connectivity index (χ2v) is 8.90. The Hall–Kier alpha value is -1.76. The number of amides is 1. The van der Waals surface area contributed by atoms with Crippen molar-refractivity contribution >= 4 is 17.2 Å². The molecule has 1 N–H and O–H groups in total. The Morgan fingerprint density at radius 1 is 1.48 bits per heavy atom. The number of hydrogen-bond donors (Lipinski definition) is 1. The van der Waals surface area contributed by atoms with Crippen molar-refractivity contribution in [3.8, 4) is 5.19 Å². The fraction of sp³-hybridized carbons (Fsp3) is 0.700. The van der Waals surface area contributed by atoms with Crippen LogP contribution in [0, 0.1) is 5.92 Å². The minimum Gasteiger partial charge on any atom is -0.438 e.